The highest BCUT2D eigenvalue weighted by Gasteiger charge is 2.44. The van der Waals surface area contributed by atoms with Gasteiger partial charge in [-0.05, 0) is 88.2 Å². The molecule has 3 fully saturated rings. The number of hydrogen-bond acceptors (Lipinski definition) is 7. The van der Waals surface area contributed by atoms with E-state index in [1.807, 2.05) is 6.07 Å². The van der Waals surface area contributed by atoms with Crippen LogP contribution in [0.3, 0.4) is 0 Å². The molecule has 2 aliphatic heterocycles. The van der Waals surface area contributed by atoms with Gasteiger partial charge in [0.2, 0.25) is 5.91 Å². The van der Waals surface area contributed by atoms with Crippen LogP contribution >= 0.6 is 34.8 Å². The number of aromatic nitrogens is 3. The number of pyridine rings is 2. The van der Waals surface area contributed by atoms with Crippen LogP contribution in [0.25, 0.3) is 32.9 Å². The zero-order chi connectivity index (χ0) is 39.3. The number of benzene rings is 2. The summed E-state index contributed by atoms with van der Waals surface area (Å²) in [6.07, 6.45) is 4.31. The minimum Gasteiger partial charge on any atom is -0.503 e. The molecule has 1 aliphatic carbocycles. The quantitative estimate of drug-likeness (QED) is 0.140. The predicted octanol–water partition coefficient (Wildman–Crippen LogP) is 9.63. The number of carbonyl (C=O) groups excluding carboxylic acids is 1. The molecule has 8 rings (SSSR count). The van der Waals surface area contributed by atoms with Crippen molar-refractivity contribution in [2.24, 2.45) is 11.8 Å². The molecule has 0 radical (unpaired) electrons. The second kappa shape index (κ2) is 15.8. The van der Waals surface area contributed by atoms with Gasteiger partial charge in [-0.3, -0.25) is 4.79 Å². The molecule has 55 heavy (non-hydrogen) atoms. The predicted molar refractivity (Wildman–Crippen MR) is 210 cm³/mol. The molecule has 3 aromatic heterocycles. The van der Waals surface area contributed by atoms with Gasteiger partial charge >= 0.3 is 0 Å². The third-order valence-electron chi connectivity index (χ3n) is 11.1. The maximum absolute atomic E-state index is 17.1. The van der Waals surface area contributed by atoms with E-state index in [0.717, 1.165) is 61.4 Å². The average Bonchev–Trinajstić information content (AvgIpc) is 3.65. The molecule has 14 heteroatoms. The Kier molecular flexibility index (Phi) is 11.3. The molecular formula is C41H41Cl3F2N6O3. The number of rotatable bonds is 7. The number of aliphatic hydroxyl groups excluding tert-OH is 1. The number of nitriles is 1. The third-order valence-corrected chi connectivity index (χ3v) is 12.2. The lowest BCUT2D eigenvalue weighted by atomic mass is 9.92. The third kappa shape index (κ3) is 7.24. The first kappa shape index (κ1) is 39.2. The molecule has 288 valence electrons. The summed E-state index contributed by atoms with van der Waals surface area (Å²) in [6, 6.07) is 12.4. The van der Waals surface area contributed by atoms with E-state index in [4.69, 9.17) is 44.9 Å². The Bertz CT molecular complexity index is 2320. The Morgan fingerprint density at radius 3 is 2.49 bits per heavy atom. The second-order valence-corrected chi connectivity index (χ2v) is 16.0. The number of halogens is 5. The number of carbonyl (C=O) groups is 1. The normalized spacial score (nSPS) is 21.5. The van der Waals surface area contributed by atoms with Crippen molar-refractivity contribution in [1.82, 2.24) is 24.8 Å². The molecule has 0 spiro atoms. The van der Waals surface area contributed by atoms with Gasteiger partial charge in [0.25, 0.3) is 0 Å². The fraction of sp³-hybridized carbons (Fsp3) is 0.415. The van der Waals surface area contributed by atoms with E-state index in [9.17, 15) is 19.6 Å². The summed E-state index contributed by atoms with van der Waals surface area (Å²) < 4.78 is 31.7. The SMILES string of the molecule is CC(O)c1nc2c(F)c(-c3cccc(Cl)c3Cl)c(CCC#N)cc2c2c1cc(C1CCC(C)N1C(=O)C1CC1)n2C1CNC[C@H]1C.Oc1c(F)ccnc1Cl. The van der Waals surface area contributed by atoms with E-state index in [0.29, 0.717) is 33.7 Å². The van der Waals surface area contributed by atoms with Gasteiger partial charge in [-0.25, -0.2) is 18.7 Å². The summed E-state index contributed by atoms with van der Waals surface area (Å²) in [4.78, 5) is 24.0. The summed E-state index contributed by atoms with van der Waals surface area (Å²) in [7, 11) is 0. The maximum atomic E-state index is 17.1. The van der Waals surface area contributed by atoms with Crippen molar-refractivity contribution in [2.75, 3.05) is 13.1 Å². The van der Waals surface area contributed by atoms with Crippen LogP contribution in [0.15, 0.2) is 42.6 Å². The summed E-state index contributed by atoms with van der Waals surface area (Å²) in [6.45, 7) is 7.55. The number of nitrogens with one attached hydrogen (secondary N) is 1. The van der Waals surface area contributed by atoms with Crippen molar-refractivity contribution >= 4 is 62.5 Å². The summed E-state index contributed by atoms with van der Waals surface area (Å²) in [5.41, 5.74) is 3.65. The molecule has 5 aromatic rings. The van der Waals surface area contributed by atoms with Crippen molar-refractivity contribution < 1.29 is 23.8 Å². The molecule has 3 aliphatic rings. The first-order chi connectivity index (χ1) is 26.3. The van der Waals surface area contributed by atoms with Crippen LogP contribution in [0.2, 0.25) is 15.2 Å². The lowest BCUT2D eigenvalue weighted by Gasteiger charge is -2.32. The van der Waals surface area contributed by atoms with Crippen molar-refractivity contribution in [3.63, 3.8) is 0 Å². The number of likely N-dealkylation sites (tertiary alicyclic amines) is 1. The van der Waals surface area contributed by atoms with Crippen LogP contribution in [0.4, 0.5) is 8.78 Å². The lowest BCUT2D eigenvalue weighted by Crippen LogP contribution is -2.38. The minimum atomic E-state index is -0.975. The molecule has 2 saturated heterocycles. The zero-order valence-corrected chi connectivity index (χ0v) is 32.9. The molecule has 0 bridgehead atoms. The molecule has 5 heterocycles. The smallest absolute Gasteiger partial charge is 0.226 e. The van der Waals surface area contributed by atoms with Crippen LogP contribution in [-0.4, -0.2) is 54.7 Å². The number of fused-ring (bicyclic) bond motifs is 3. The standard InChI is InChI=1S/C36H38Cl2FN5O2.C5H3ClFNO/c1-18-16-41-17-29(18)44-28(27-12-9-19(2)43(27)36(46)21-10-11-21)15-25-33(20(3)45)42-34-24(35(25)44)14-22(6-5-13-40)30(32(34)39)23-7-4-8-26(37)31(23)38;6-5-4(9)3(7)1-2-8-5/h4,7-8,14-15,18-21,27,29,41,45H,5-6,9-12,16-17H2,1-3H3;1-2,9H/t18-,19?,20?,27?,29?;/m1./s1. The van der Waals surface area contributed by atoms with Gasteiger partial charge in [-0.1, -0.05) is 53.9 Å². The number of amides is 1. The molecule has 3 N–H and O–H groups in total. The van der Waals surface area contributed by atoms with Gasteiger partial charge in [0.15, 0.2) is 22.5 Å². The van der Waals surface area contributed by atoms with E-state index in [-0.39, 0.29) is 63.5 Å². The largest absolute Gasteiger partial charge is 0.503 e. The highest BCUT2D eigenvalue weighted by Crippen LogP contribution is 2.48. The number of hydrogen-bond donors (Lipinski definition) is 3. The summed E-state index contributed by atoms with van der Waals surface area (Å²) >= 11 is 18.2. The Morgan fingerprint density at radius 1 is 1.09 bits per heavy atom. The monoisotopic (exact) mass is 808 g/mol. The van der Waals surface area contributed by atoms with Gasteiger partial charge in [0, 0.05) is 58.7 Å². The molecule has 4 unspecified atom stereocenters. The van der Waals surface area contributed by atoms with E-state index >= 15 is 4.39 Å². The molecule has 5 atom stereocenters. The first-order valence-electron chi connectivity index (χ1n) is 18.5. The summed E-state index contributed by atoms with van der Waals surface area (Å²) in [5.74, 6) is -1.33. The van der Waals surface area contributed by atoms with Gasteiger partial charge in [0.1, 0.15) is 5.52 Å². The fourth-order valence-corrected chi connectivity index (χ4v) is 8.76. The number of nitrogens with zero attached hydrogens (tertiary/aromatic N) is 5. The molecular weight excluding hydrogens is 769 g/mol. The number of aromatic hydroxyl groups is 1. The van der Waals surface area contributed by atoms with Gasteiger partial charge < -0.3 is 25.0 Å². The topological polar surface area (TPSA) is 127 Å². The van der Waals surface area contributed by atoms with Crippen molar-refractivity contribution in [2.45, 2.75) is 83.5 Å². The van der Waals surface area contributed by atoms with Crippen LogP contribution in [0.5, 0.6) is 5.75 Å². The summed E-state index contributed by atoms with van der Waals surface area (Å²) in [5, 5.41) is 34.5. The minimum absolute atomic E-state index is 0.0430. The molecule has 2 aromatic carbocycles. The van der Waals surface area contributed by atoms with Crippen LogP contribution in [-0.2, 0) is 11.2 Å². The van der Waals surface area contributed by atoms with Crippen LogP contribution < -0.4 is 5.32 Å². The van der Waals surface area contributed by atoms with Gasteiger partial charge in [-0.2, -0.15) is 5.26 Å². The van der Waals surface area contributed by atoms with E-state index in [2.05, 4.69) is 45.8 Å². The van der Waals surface area contributed by atoms with Gasteiger partial charge in [0.05, 0.1) is 45.5 Å². The highest BCUT2D eigenvalue weighted by molar-refractivity contribution is 6.43. The van der Waals surface area contributed by atoms with Gasteiger partial charge in [-0.15, -0.1) is 0 Å². The Balaban J connectivity index is 0.000000455. The first-order valence-corrected chi connectivity index (χ1v) is 19.7. The molecule has 1 saturated carbocycles. The fourth-order valence-electron chi connectivity index (χ4n) is 8.22. The van der Waals surface area contributed by atoms with E-state index in [1.165, 1.54) is 6.20 Å². The van der Waals surface area contributed by atoms with Crippen LogP contribution in [0.1, 0.15) is 88.0 Å². The highest BCUT2D eigenvalue weighted by atomic mass is 35.5. The average molecular weight is 810 g/mol. The zero-order valence-electron chi connectivity index (χ0n) is 30.6. The Labute approximate surface area is 332 Å². The van der Waals surface area contributed by atoms with E-state index < -0.39 is 23.5 Å². The van der Waals surface area contributed by atoms with Crippen molar-refractivity contribution in [3.8, 4) is 22.9 Å². The number of aryl methyl sites for hydroxylation is 1. The number of aliphatic hydroxyl groups is 1. The molecule has 1 amide bonds. The molecule has 9 nitrogen and oxygen atoms in total. The maximum Gasteiger partial charge on any atom is 0.226 e. The van der Waals surface area contributed by atoms with Crippen molar-refractivity contribution in [3.05, 3.63) is 86.4 Å². The van der Waals surface area contributed by atoms with Crippen molar-refractivity contribution in [1.29, 1.82) is 5.26 Å². The Hall–Kier alpha value is -4.05. The second-order valence-electron chi connectivity index (χ2n) is 14.9. The lowest BCUT2D eigenvalue weighted by molar-refractivity contribution is -0.135. The van der Waals surface area contributed by atoms with Crippen LogP contribution in [0, 0.1) is 34.8 Å². The Morgan fingerprint density at radius 2 is 1.85 bits per heavy atom. The van der Waals surface area contributed by atoms with E-state index in [1.54, 1.807) is 25.1 Å².